The van der Waals surface area contributed by atoms with E-state index in [1.54, 1.807) is 12.1 Å². The smallest absolute Gasteiger partial charge is 0.328 e. The predicted molar refractivity (Wildman–Crippen MR) is 79.7 cm³/mol. The molecular weight excluding hydrogens is 254 g/mol. The highest BCUT2D eigenvalue weighted by Crippen LogP contribution is 2.14. The first-order valence-electron chi connectivity index (χ1n) is 6.59. The molecule has 20 heavy (non-hydrogen) atoms. The summed E-state index contributed by atoms with van der Waals surface area (Å²) in [6, 6.07) is 5.31. The maximum absolute atomic E-state index is 12.2. The largest absolute Gasteiger partial charge is 0.478 e. The third-order valence-electron chi connectivity index (χ3n) is 3.12. The van der Waals surface area contributed by atoms with Crippen LogP contribution < -0.4 is 5.32 Å². The number of aliphatic carboxylic acids is 1. The molecule has 2 N–H and O–H groups in total. The molecule has 0 saturated carbocycles. The number of hydrogen-bond donors (Lipinski definition) is 2. The molecule has 0 unspecified atom stereocenters. The molecule has 0 bridgehead atoms. The Morgan fingerprint density at radius 3 is 2.50 bits per heavy atom. The first-order valence-corrected chi connectivity index (χ1v) is 6.59. The number of carbonyl (C=O) groups is 2. The molecule has 4 heteroatoms. The van der Waals surface area contributed by atoms with E-state index in [0.717, 1.165) is 18.1 Å². The zero-order valence-corrected chi connectivity index (χ0v) is 12.4. The number of hydrogen-bond acceptors (Lipinski definition) is 2. The molecule has 0 saturated heterocycles. The molecule has 1 amide bonds. The van der Waals surface area contributed by atoms with Crippen LogP contribution in [0.2, 0.25) is 0 Å². The number of aryl methyl sites for hydroxylation is 1. The molecule has 0 atom stereocenters. The lowest BCUT2D eigenvalue weighted by Gasteiger charge is -2.24. The van der Waals surface area contributed by atoms with Crippen LogP contribution in [0.15, 0.2) is 24.3 Å². The van der Waals surface area contributed by atoms with Gasteiger partial charge >= 0.3 is 5.97 Å². The summed E-state index contributed by atoms with van der Waals surface area (Å²) in [5.74, 6) is -1.16. The number of benzene rings is 1. The fourth-order valence-electron chi connectivity index (χ4n) is 1.68. The molecule has 0 aliphatic rings. The van der Waals surface area contributed by atoms with Crippen LogP contribution in [0.25, 0.3) is 6.08 Å². The second-order valence-electron chi connectivity index (χ2n) is 5.50. The number of nitrogens with one attached hydrogen (secondary N) is 1. The summed E-state index contributed by atoms with van der Waals surface area (Å²) in [6.45, 7) is 7.81. The maximum Gasteiger partial charge on any atom is 0.328 e. The standard InChI is InChI=1S/C16H21NO3/c1-5-16(3,4)17-15(20)13-9-11(2)8-12(10-13)6-7-14(18)19/h6-10H,5H2,1-4H3,(H,17,20)(H,18,19)/b7-6+. The zero-order valence-electron chi connectivity index (χ0n) is 12.4. The van der Waals surface area contributed by atoms with Gasteiger partial charge in [0, 0.05) is 17.2 Å². The minimum atomic E-state index is -1.01. The van der Waals surface area contributed by atoms with Gasteiger partial charge in [0.15, 0.2) is 0 Å². The molecule has 1 aromatic carbocycles. The molecule has 0 radical (unpaired) electrons. The number of amides is 1. The highest BCUT2D eigenvalue weighted by molar-refractivity contribution is 5.95. The van der Waals surface area contributed by atoms with Crippen molar-refractivity contribution >= 4 is 18.0 Å². The Morgan fingerprint density at radius 1 is 1.30 bits per heavy atom. The van der Waals surface area contributed by atoms with Gasteiger partial charge in [0.05, 0.1) is 0 Å². The van der Waals surface area contributed by atoms with Crippen LogP contribution in [0.1, 0.15) is 48.7 Å². The van der Waals surface area contributed by atoms with Crippen LogP contribution in [-0.2, 0) is 4.79 Å². The van der Waals surface area contributed by atoms with Crippen LogP contribution in [0.3, 0.4) is 0 Å². The SMILES string of the molecule is CCC(C)(C)NC(=O)c1cc(C)cc(/C=C/C(=O)O)c1. The average Bonchev–Trinajstić information content (AvgIpc) is 2.35. The topological polar surface area (TPSA) is 66.4 Å². The van der Waals surface area contributed by atoms with Gasteiger partial charge in [-0.05, 0) is 56.5 Å². The normalized spacial score (nSPS) is 11.6. The summed E-state index contributed by atoms with van der Waals surface area (Å²) in [7, 11) is 0. The van der Waals surface area contributed by atoms with E-state index in [0.29, 0.717) is 11.1 Å². The summed E-state index contributed by atoms with van der Waals surface area (Å²) in [5.41, 5.74) is 1.89. The van der Waals surface area contributed by atoms with Gasteiger partial charge in [0.1, 0.15) is 0 Å². The van der Waals surface area contributed by atoms with Crippen LogP contribution in [-0.4, -0.2) is 22.5 Å². The van der Waals surface area contributed by atoms with Crippen LogP contribution in [0.4, 0.5) is 0 Å². The van der Waals surface area contributed by atoms with E-state index in [1.165, 1.54) is 6.08 Å². The molecule has 1 rings (SSSR count). The van der Waals surface area contributed by atoms with Crippen molar-refractivity contribution in [2.45, 2.75) is 39.7 Å². The molecule has 0 heterocycles. The van der Waals surface area contributed by atoms with Crippen molar-refractivity contribution < 1.29 is 14.7 Å². The molecule has 0 spiro atoms. The van der Waals surface area contributed by atoms with Crippen molar-refractivity contribution in [2.75, 3.05) is 0 Å². The summed E-state index contributed by atoms with van der Waals surface area (Å²) >= 11 is 0. The Morgan fingerprint density at radius 2 is 1.95 bits per heavy atom. The van der Waals surface area contributed by atoms with Crippen molar-refractivity contribution in [1.82, 2.24) is 5.32 Å². The summed E-state index contributed by atoms with van der Waals surface area (Å²) in [4.78, 5) is 22.7. The fourth-order valence-corrected chi connectivity index (χ4v) is 1.68. The summed E-state index contributed by atoms with van der Waals surface area (Å²) in [6.07, 6.45) is 3.37. The van der Waals surface area contributed by atoms with Gasteiger partial charge < -0.3 is 10.4 Å². The average molecular weight is 275 g/mol. The zero-order chi connectivity index (χ0) is 15.3. The molecule has 4 nitrogen and oxygen atoms in total. The Kier molecular flexibility index (Phi) is 5.08. The van der Waals surface area contributed by atoms with Crippen molar-refractivity contribution in [3.05, 3.63) is 41.0 Å². The van der Waals surface area contributed by atoms with Crippen molar-refractivity contribution in [2.24, 2.45) is 0 Å². The molecule has 0 aliphatic carbocycles. The molecule has 0 aromatic heterocycles. The molecule has 0 aliphatic heterocycles. The van der Waals surface area contributed by atoms with Crippen LogP contribution in [0.5, 0.6) is 0 Å². The van der Waals surface area contributed by atoms with Crippen LogP contribution in [0, 0.1) is 6.92 Å². The van der Waals surface area contributed by atoms with Gasteiger partial charge in [-0.15, -0.1) is 0 Å². The van der Waals surface area contributed by atoms with Gasteiger partial charge in [0.25, 0.3) is 5.91 Å². The number of carbonyl (C=O) groups excluding carboxylic acids is 1. The molecular formula is C16H21NO3. The maximum atomic E-state index is 12.2. The van der Waals surface area contributed by atoms with E-state index in [9.17, 15) is 9.59 Å². The minimum Gasteiger partial charge on any atom is -0.478 e. The van der Waals surface area contributed by atoms with E-state index >= 15 is 0 Å². The third kappa shape index (κ3) is 4.88. The van der Waals surface area contributed by atoms with E-state index < -0.39 is 5.97 Å². The number of carboxylic acids is 1. The van der Waals surface area contributed by atoms with Crippen molar-refractivity contribution in [1.29, 1.82) is 0 Å². The van der Waals surface area contributed by atoms with Crippen molar-refractivity contribution in [3.8, 4) is 0 Å². The highest BCUT2D eigenvalue weighted by atomic mass is 16.4. The van der Waals surface area contributed by atoms with E-state index in [2.05, 4.69) is 5.32 Å². The highest BCUT2D eigenvalue weighted by Gasteiger charge is 2.19. The van der Waals surface area contributed by atoms with Gasteiger partial charge in [-0.2, -0.15) is 0 Å². The number of rotatable bonds is 5. The Hall–Kier alpha value is -2.10. The lowest BCUT2D eigenvalue weighted by Crippen LogP contribution is -2.42. The Labute approximate surface area is 119 Å². The van der Waals surface area contributed by atoms with Gasteiger partial charge in [-0.1, -0.05) is 13.0 Å². The molecule has 1 aromatic rings. The predicted octanol–water partition coefficient (Wildman–Crippen LogP) is 3.01. The lowest BCUT2D eigenvalue weighted by atomic mass is 10.00. The second kappa shape index (κ2) is 6.37. The van der Waals surface area contributed by atoms with Gasteiger partial charge in [-0.3, -0.25) is 4.79 Å². The summed E-state index contributed by atoms with van der Waals surface area (Å²) in [5, 5.41) is 11.6. The minimum absolute atomic E-state index is 0.148. The lowest BCUT2D eigenvalue weighted by molar-refractivity contribution is -0.131. The van der Waals surface area contributed by atoms with E-state index in [-0.39, 0.29) is 11.4 Å². The fraction of sp³-hybridized carbons (Fsp3) is 0.375. The quantitative estimate of drug-likeness (QED) is 0.812. The molecule has 108 valence electrons. The van der Waals surface area contributed by atoms with Gasteiger partial charge in [-0.25, -0.2) is 4.79 Å². The van der Waals surface area contributed by atoms with E-state index in [4.69, 9.17) is 5.11 Å². The second-order valence-corrected chi connectivity index (χ2v) is 5.50. The monoisotopic (exact) mass is 275 g/mol. The van der Waals surface area contributed by atoms with Crippen LogP contribution >= 0.6 is 0 Å². The van der Waals surface area contributed by atoms with Crippen molar-refractivity contribution in [3.63, 3.8) is 0 Å². The first kappa shape index (κ1) is 16.0. The summed E-state index contributed by atoms with van der Waals surface area (Å²) < 4.78 is 0. The number of carboxylic acid groups (broad SMARTS) is 1. The van der Waals surface area contributed by atoms with Gasteiger partial charge in [0.2, 0.25) is 0 Å². The Bertz CT molecular complexity index is 545. The molecule has 0 fully saturated rings. The Balaban J connectivity index is 3.01. The third-order valence-corrected chi connectivity index (χ3v) is 3.12. The van der Waals surface area contributed by atoms with E-state index in [1.807, 2.05) is 33.8 Å². The first-order chi connectivity index (χ1) is 9.23.